The van der Waals surface area contributed by atoms with E-state index in [-0.39, 0.29) is 16.9 Å². The van der Waals surface area contributed by atoms with Crippen LogP contribution in [0.2, 0.25) is 5.02 Å². The number of likely N-dealkylation sites (N-methyl/N-ethyl adjacent to an activating group) is 1. The molecule has 0 aliphatic carbocycles. The summed E-state index contributed by atoms with van der Waals surface area (Å²) in [6.45, 7) is 6.64. The van der Waals surface area contributed by atoms with Crippen LogP contribution in [0.5, 0.6) is 0 Å². The zero-order chi connectivity index (χ0) is 13.5. The first-order valence-electron chi connectivity index (χ1n) is 6.53. The number of nitrogens with zero attached hydrogens (tertiary/aromatic N) is 1. The van der Waals surface area contributed by atoms with Gasteiger partial charge in [-0.05, 0) is 37.2 Å². The molecule has 1 aromatic carbocycles. The molecule has 0 fully saturated rings. The fraction of sp³-hybridized carbons (Fsp3) is 0.571. The number of hydrogen-bond acceptors (Lipinski definition) is 2. The van der Waals surface area contributed by atoms with Gasteiger partial charge in [-0.1, -0.05) is 37.9 Å². The highest BCUT2D eigenvalue weighted by molar-refractivity contribution is 6.30. The Hall–Kier alpha value is -0.640. The van der Waals surface area contributed by atoms with Crippen LogP contribution < -0.4 is 5.73 Å². The molecule has 0 saturated heterocycles. The second kappa shape index (κ2) is 7.72. The molecule has 4 heteroatoms. The molecule has 2 N–H and O–H groups in total. The van der Waals surface area contributed by atoms with Crippen molar-refractivity contribution in [3.63, 3.8) is 0 Å². The van der Waals surface area contributed by atoms with Crippen LogP contribution in [0, 0.1) is 5.82 Å². The molecule has 0 aliphatic rings. The van der Waals surface area contributed by atoms with Crippen molar-refractivity contribution in [3.8, 4) is 0 Å². The summed E-state index contributed by atoms with van der Waals surface area (Å²) in [4.78, 5) is 2.28. The van der Waals surface area contributed by atoms with E-state index in [4.69, 9.17) is 17.3 Å². The third-order valence-corrected chi connectivity index (χ3v) is 3.50. The van der Waals surface area contributed by atoms with Crippen LogP contribution in [0.4, 0.5) is 4.39 Å². The van der Waals surface area contributed by atoms with Gasteiger partial charge in [0, 0.05) is 12.6 Å². The summed E-state index contributed by atoms with van der Waals surface area (Å²) in [6, 6.07) is 5.02. The molecular weight excluding hydrogens is 251 g/mol. The lowest BCUT2D eigenvalue weighted by atomic mass is 10.0. The van der Waals surface area contributed by atoms with Crippen molar-refractivity contribution in [3.05, 3.63) is 34.6 Å². The summed E-state index contributed by atoms with van der Waals surface area (Å²) >= 11 is 5.71. The van der Waals surface area contributed by atoms with E-state index in [0.717, 1.165) is 31.5 Å². The molecule has 1 atom stereocenters. The maximum Gasteiger partial charge on any atom is 0.142 e. The van der Waals surface area contributed by atoms with Crippen molar-refractivity contribution in [2.75, 3.05) is 19.6 Å². The van der Waals surface area contributed by atoms with Crippen molar-refractivity contribution in [2.45, 2.75) is 32.7 Å². The minimum absolute atomic E-state index is 0.0633. The lowest BCUT2D eigenvalue weighted by molar-refractivity contribution is 0.209. The minimum atomic E-state index is -0.376. The van der Waals surface area contributed by atoms with Crippen LogP contribution in [0.1, 0.15) is 38.3 Å². The van der Waals surface area contributed by atoms with Gasteiger partial charge in [-0.15, -0.1) is 0 Å². The van der Waals surface area contributed by atoms with Crippen molar-refractivity contribution in [1.29, 1.82) is 0 Å². The summed E-state index contributed by atoms with van der Waals surface area (Å²) in [5.74, 6) is -0.376. The van der Waals surface area contributed by atoms with E-state index in [1.54, 1.807) is 6.07 Å². The molecule has 2 nitrogen and oxygen atoms in total. The van der Waals surface area contributed by atoms with Gasteiger partial charge in [-0.3, -0.25) is 4.90 Å². The van der Waals surface area contributed by atoms with Crippen LogP contribution in [0.25, 0.3) is 0 Å². The molecule has 18 heavy (non-hydrogen) atoms. The Kier molecular flexibility index (Phi) is 6.61. The van der Waals surface area contributed by atoms with Gasteiger partial charge in [-0.2, -0.15) is 0 Å². The van der Waals surface area contributed by atoms with E-state index in [1.807, 2.05) is 6.07 Å². The SMILES string of the molecule is CCCCN(CC)C(CN)c1ccc(Cl)c(F)c1. The zero-order valence-corrected chi connectivity index (χ0v) is 11.9. The fourth-order valence-electron chi connectivity index (χ4n) is 2.11. The highest BCUT2D eigenvalue weighted by atomic mass is 35.5. The summed E-state index contributed by atoms with van der Waals surface area (Å²) in [5.41, 5.74) is 6.74. The van der Waals surface area contributed by atoms with E-state index < -0.39 is 0 Å². The number of rotatable bonds is 7. The molecule has 0 spiro atoms. The molecule has 102 valence electrons. The average Bonchev–Trinajstić information content (AvgIpc) is 2.38. The van der Waals surface area contributed by atoms with Gasteiger partial charge in [0.25, 0.3) is 0 Å². The predicted molar refractivity (Wildman–Crippen MR) is 75.4 cm³/mol. The van der Waals surface area contributed by atoms with Gasteiger partial charge in [-0.25, -0.2) is 4.39 Å². The Labute approximate surface area is 114 Å². The Balaban J connectivity index is 2.88. The molecule has 1 aromatic rings. The number of unbranched alkanes of at least 4 members (excludes halogenated alkanes) is 1. The van der Waals surface area contributed by atoms with E-state index in [2.05, 4.69) is 18.7 Å². The highest BCUT2D eigenvalue weighted by Gasteiger charge is 2.18. The quantitative estimate of drug-likeness (QED) is 0.822. The Morgan fingerprint density at radius 2 is 2.11 bits per heavy atom. The van der Waals surface area contributed by atoms with E-state index >= 15 is 0 Å². The van der Waals surface area contributed by atoms with E-state index in [0.29, 0.717) is 6.54 Å². The molecule has 1 unspecified atom stereocenters. The van der Waals surface area contributed by atoms with Gasteiger partial charge in [0.15, 0.2) is 0 Å². The lowest BCUT2D eigenvalue weighted by Crippen LogP contribution is -2.34. The molecule has 0 amide bonds. The summed E-state index contributed by atoms with van der Waals surface area (Å²) in [6.07, 6.45) is 2.27. The first-order chi connectivity index (χ1) is 8.63. The van der Waals surface area contributed by atoms with Gasteiger partial charge >= 0.3 is 0 Å². The molecule has 0 heterocycles. The maximum atomic E-state index is 13.5. The summed E-state index contributed by atoms with van der Waals surface area (Å²) < 4.78 is 13.5. The van der Waals surface area contributed by atoms with Crippen LogP contribution in [0.3, 0.4) is 0 Å². The van der Waals surface area contributed by atoms with Crippen LogP contribution in [-0.4, -0.2) is 24.5 Å². The number of benzene rings is 1. The molecule has 0 radical (unpaired) electrons. The zero-order valence-electron chi connectivity index (χ0n) is 11.1. The van der Waals surface area contributed by atoms with Crippen molar-refractivity contribution >= 4 is 11.6 Å². The third kappa shape index (κ3) is 3.94. The molecule has 0 aliphatic heterocycles. The third-order valence-electron chi connectivity index (χ3n) is 3.20. The first-order valence-corrected chi connectivity index (χ1v) is 6.90. The molecule has 1 rings (SSSR count). The van der Waals surface area contributed by atoms with Crippen LogP contribution in [0.15, 0.2) is 18.2 Å². The standard InChI is InChI=1S/C14H22ClFN2/c1-3-5-8-18(4-2)14(10-17)11-6-7-12(15)13(16)9-11/h6-7,9,14H,3-5,8,10,17H2,1-2H3. The van der Waals surface area contributed by atoms with E-state index in [9.17, 15) is 4.39 Å². The van der Waals surface area contributed by atoms with Crippen molar-refractivity contribution in [2.24, 2.45) is 5.73 Å². The lowest BCUT2D eigenvalue weighted by Gasteiger charge is -2.30. The summed E-state index contributed by atoms with van der Waals surface area (Å²) in [7, 11) is 0. The first kappa shape index (κ1) is 15.4. The fourth-order valence-corrected chi connectivity index (χ4v) is 2.23. The monoisotopic (exact) mass is 272 g/mol. The van der Waals surface area contributed by atoms with Crippen LogP contribution in [-0.2, 0) is 0 Å². The van der Waals surface area contributed by atoms with Gasteiger partial charge in [0.05, 0.1) is 5.02 Å². The highest BCUT2D eigenvalue weighted by Crippen LogP contribution is 2.24. The van der Waals surface area contributed by atoms with Crippen molar-refractivity contribution in [1.82, 2.24) is 4.90 Å². The minimum Gasteiger partial charge on any atom is -0.329 e. The van der Waals surface area contributed by atoms with Crippen molar-refractivity contribution < 1.29 is 4.39 Å². The largest absolute Gasteiger partial charge is 0.329 e. The number of nitrogens with two attached hydrogens (primary N) is 1. The second-order valence-electron chi connectivity index (χ2n) is 4.41. The Morgan fingerprint density at radius 1 is 1.39 bits per heavy atom. The normalized spacial score (nSPS) is 13.0. The topological polar surface area (TPSA) is 29.3 Å². The predicted octanol–water partition coefficient (Wildman–Crippen LogP) is 3.60. The number of hydrogen-bond donors (Lipinski definition) is 1. The number of halogens is 2. The Morgan fingerprint density at radius 3 is 2.61 bits per heavy atom. The molecule has 0 aromatic heterocycles. The van der Waals surface area contributed by atoms with Gasteiger partial charge in [0.1, 0.15) is 5.82 Å². The van der Waals surface area contributed by atoms with Crippen LogP contribution >= 0.6 is 11.6 Å². The summed E-state index contributed by atoms with van der Waals surface area (Å²) in [5, 5.41) is 0.158. The van der Waals surface area contributed by atoms with Gasteiger partial charge in [0.2, 0.25) is 0 Å². The maximum absolute atomic E-state index is 13.5. The smallest absolute Gasteiger partial charge is 0.142 e. The second-order valence-corrected chi connectivity index (χ2v) is 4.81. The Bertz CT molecular complexity index is 371. The average molecular weight is 273 g/mol. The van der Waals surface area contributed by atoms with Gasteiger partial charge < -0.3 is 5.73 Å². The molecule has 0 saturated carbocycles. The van der Waals surface area contributed by atoms with E-state index in [1.165, 1.54) is 6.07 Å². The molecule has 0 bridgehead atoms. The molecular formula is C14H22ClFN2.